The zero-order valence-corrected chi connectivity index (χ0v) is 13.4. The number of hydrogen-bond acceptors (Lipinski definition) is 2. The first-order chi connectivity index (χ1) is 9.79. The standard InChI is InChI=1S/C16H22ClNO3/c1-11(8-13-4-6-14(17)7-5-13)9-15(19)18(3)10-12(2)16(20)21/h4-7,11-12H,8-10H2,1-3H3,(H,20,21). The Morgan fingerprint density at radius 2 is 1.81 bits per heavy atom. The van der Waals surface area contributed by atoms with E-state index in [1.165, 1.54) is 4.90 Å². The zero-order chi connectivity index (χ0) is 16.0. The number of carbonyl (C=O) groups excluding carboxylic acids is 1. The molecule has 21 heavy (non-hydrogen) atoms. The second-order valence-corrected chi connectivity index (χ2v) is 6.09. The van der Waals surface area contributed by atoms with Crippen molar-refractivity contribution in [1.29, 1.82) is 0 Å². The van der Waals surface area contributed by atoms with E-state index in [4.69, 9.17) is 16.7 Å². The number of halogens is 1. The molecule has 4 nitrogen and oxygen atoms in total. The van der Waals surface area contributed by atoms with Crippen molar-refractivity contribution in [3.8, 4) is 0 Å². The quantitative estimate of drug-likeness (QED) is 0.842. The fraction of sp³-hybridized carbons (Fsp3) is 0.500. The van der Waals surface area contributed by atoms with E-state index in [0.717, 1.165) is 12.0 Å². The molecule has 1 amide bonds. The van der Waals surface area contributed by atoms with Gasteiger partial charge in [0.25, 0.3) is 0 Å². The predicted molar refractivity (Wildman–Crippen MR) is 83.4 cm³/mol. The van der Waals surface area contributed by atoms with Crippen LogP contribution in [-0.4, -0.2) is 35.5 Å². The van der Waals surface area contributed by atoms with Crippen molar-refractivity contribution in [2.45, 2.75) is 26.7 Å². The van der Waals surface area contributed by atoms with E-state index < -0.39 is 11.9 Å². The number of nitrogens with zero attached hydrogens (tertiary/aromatic N) is 1. The molecule has 116 valence electrons. The highest BCUT2D eigenvalue weighted by molar-refractivity contribution is 6.30. The van der Waals surface area contributed by atoms with Crippen molar-refractivity contribution < 1.29 is 14.7 Å². The minimum absolute atomic E-state index is 0.0236. The third kappa shape index (κ3) is 6.17. The van der Waals surface area contributed by atoms with Crippen molar-refractivity contribution in [1.82, 2.24) is 4.90 Å². The number of carbonyl (C=O) groups is 2. The van der Waals surface area contributed by atoms with E-state index >= 15 is 0 Å². The molecule has 0 fully saturated rings. The summed E-state index contributed by atoms with van der Waals surface area (Å²) in [4.78, 5) is 24.4. The average molecular weight is 312 g/mol. The highest BCUT2D eigenvalue weighted by Crippen LogP contribution is 2.16. The highest BCUT2D eigenvalue weighted by Gasteiger charge is 2.19. The number of benzene rings is 1. The first-order valence-corrected chi connectivity index (χ1v) is 7.38. The largest absolute Gasteiger partial charge is 0.481 e. The van der Waals surface area contributed by atoms with Gasteiger partial charge in [-0.2, -0.15) is 0 Å². The van der Waals surface area contributed by atoms with Crippen molar-refractivity contribution in [3.05, 3.63) is 34.9 Å². The van der Waals surface area contributed by atoms with Crippen molar-refractivity contribution in [3.63, 3.8) is 0 Å². The van der Waals surface area contributed by atoms with Gasteiger partial charge in [-0.1, -0.05) is 37.6 Å². The van der Waals surface area contributed by atoms with E-state index in [0.29, 0.717) is 11.4 Å². The highest BCUT2D eigenvalue weighted by atomic mass is 35.5. The Kier molecular flexibility index (Phi) is 6.69. The van der Waals surface area contributed by atoms with Gasteiger partial charge >= 0.3 is 5.97 Å². The molecule has 0 radical (unpaired) electrons. The second kappa shape index (κ2) is 8.03. The van der Waals surface area contributed by atoms with E-state index in [-0.39, 0.29) is 18.4 Å². The monoisotopic (exact) mass is 311 g/mol. The Morgan fingerprint density at radius 1 is 1.24 bits per heavy atom. The van der Waals surface area contributed by atoms with Gasteiger partial charge < -0.3 is 10.0 Å². The van der Waals surface area contributed by atoms with Crippen LogP contribution in [0.15, 0.2) is 24.3 Å². The van der Waals surface area contributed by atoms with E-state index in [1.54, 1.807) is 14.0 Å². The maximum Gasteiger partial charge on any atom is 0.308 e. The van der Waals surface area contributed by atoms with Crippen LogP contribution in [0.25, 0.3) is 0 Å². The first-order valence-electron chi connectivity index (χ1n) is 7.00. The van der Waals surface area contributed by atoms with Crippen molar-refractivity contribution in [2.24, 2.45) is 11.8 Å². The maximum absolute atomic E-state index is 12.1. The lowest BCUT2D eigenvalue weighted by molar-refractivity contribution is -0.142. The average Bonchev–Trinajstić information content (AvgIpc) is 2.40. The van der Waals surface area contributed by atoms with Gasteiger partial charge in [0.05, 0.1) is 5.92 Å². The Morgan fingerprint density at radius 3 is 2.33 bits per heavy atom. The Hall–Kier alpha value is -1.55. The molecular formula is C16H22ClNO3. The molecule has 0 aromatic heterocycles. The van der Waals surface area contributed by atoms with Crippen molar-refractivity contribution in [2.75, 3.05) is 13.6 Å². The molecule has 2 unspecified atom stereocenters. The number of aliphatic carboxylic acids is 1. The third-order valence-corrected chi connectivity index (χ3v) is 3.67. The van der Waals surface area contributed by atoms with Crippen LogP contribution in [0.3, 0.4) is 0 Å². The minimum atomic E-state index is -0.885. The summed E-state index contributed by atoms with van der Waals surface area (Å²) in [5, 5.41) is 9.56. The number of carboxylic acids is 1. The van der Waals surface area contributed by atoms with Crippen molar-refractivity contribution >= 4 is 23.5 Å². The molecule has 0 aliphatic carbocycles. The molecular weight excluding hydrogens is 290 g/mol. The van der Waals surface area contributed by atoms with Crippen LogP contribution < -0.4 is 0 Å². The van der Waals surface area contributed by atoms with Gasteiger partial charge in [-0.05, 0) is 30.0 Å². The summed E-state index contributed by atoms with van der Waals surface area (Å²) in [5.74, 6) is -1.26. The molecule has 0 heterocycles. The van der Waals surface area contributed by atoms with Crippen LogP contribution in [0, 0.1) is 11.8 Å². The Bertz CT molecular complexity index is 487. The summed E-state index contributed by atoms with van der Waals surface area (Å²) in [6.07, 6.45) is 1.21. The summed E-state index contributed by atoms with van der Waals surface area (Å²) in [5.41, 5.74) is 1.14. The number of hydrogen-bond donors (Lipinski definition) is 1. The number of rotatable bonds is 7. The number of amides is 1. The second-order valence-electron chi connectivity index (χ2n) is 5.65. The van der Waals surface area contributed by atoms with Gasteiger partial charge in [0.15, 0.2) is 0 Å². The lowest BCUT2D eigenvalue weighted by atomic mass is 9.97. The third-order valence-electron chi connectivity index (χ3n) is 3.42. The van der Waals surface area contributed by atoms with Gasteiger partial charge in [-0.15, -0.1) is 0 Å². The normalized spacial score (nSPS) is 13.5. The molecule has 0 bridgehead atoms. The smallest absolute Gasteiger partial charge is 0.308 e. The molecule has 1 N–H and O–H groups in total. The molecule has 0 saturated heterocycles. The SMILES string of the molecule is CC(CC(=O)N(C)CC(C)C(=O)O)Cc1ccc(Cl)cc1. The predicted octanol–water partition coefficient (Wildman–Crippen LogP) is 3.09. The van der Waals surface area contributed by atoms with Gasteiger partial charge in [0.1, 0.15) is 0 Å². The van der Waals surface area contributed by atoms with Gasteiger partial charge in [-0.25, -0.2) is 0 Å². The Labute approximate surface area is 130 Å². The molecule has 2 atom stereocenters. The molecule has 1 rings (SSSR count). The van der Waals surface area contributed by atoms with Crippen LogP contribution in [0.1, 0.15) is 25.8 Å². The molecule has 0 spiro atoms. The summed E-state index contributed by atoms with van der Waals surface area (Å²) in [6, 6.07) is 7.59. The Balaban J connectivity index is 2.46. The molecule has 5 heteroatoms. The van der Waals surface area contributed by atoms with Gasteiger partial charge in [0, 0.05) is 25.0 Å². The summed E-state index contributed by atoms with van der Waals surface area (Å²) in [7, 11) is 1.65. The molecule has 0 aliphatic heterocycles. The van der Waals surface area contributed by atoms with E-state index in [9.17, 15) is 9.59 Å². The van der Waals surface area contributed by atoms with Gasteiger partial charge in [0.2, 0.25) is 5.91 Å². The maximum atomic E-state index is 12.1. The number of carboxylic acid groups (broad SMARTS) is 1. The van der Waals surface area contributed by atoms with Crippen LogP contribution in [0.5, 0.6) is 0 Å². The van der Waals surface area contributed by atoms with Crippen LogP contribution in [0.4, 0.5) is 0 Å². The first kappa shape index (κ1) is 17.5. The summed E-state index contributed by atoms with van der Waals surface area (Å²) in [6.45, 7) is 3.85. The summed E-state index contributed by atoms with van der Waals surface area (Å²) < 4.78 is 0. The van der Waals surface area contributed by atoms with Gasteiger partial charge in [-0.3, -0.25) is 9.59 Å². The molecule has 1 aromatic rings. The topological polar surface area (TPSA) is 57.6 Å². The van der Waals surface area contributed by atoms with E-state index in [1.807, 2.05) is 31.2 Å². The zero-order valence-electron chi connectivity index (χ0n) is 12.7. The minimum Gasteiger partial charge on any atom is -0.481 e. The van der Waals surface area contributed by atoms with Crippen LogP contribution >= 0.6 is 11.6 Å². The van der Waals surface area contributed by atoms with E-state index in [2.05, 4.69) is 0 Å². The molecule has 1 aromatic carbocycles. The molecule has 0 saturated carbocycles. The molecule has 0 aliphatic rings. The fourth-order valence-electron chi connectivity index (χ4n) is 2.14. The van der Waals surface area contributed by atoms with Crippen LogP contribution in [-0.2, 0) is 16.0 Å². The lowest BCUT2D eigenvalue weighted by Crippen LogP contribution is -2.34. The summed E-state index contributed by atoms with van der Waals surface area (Å²) >= 11 is 5.84. The fourth-order valence-corrected chi connectivity index (χ4v) is 2.27. The van der Waals surface area contributed by atoms with Crippen LogP contribution in [0.2, 0.25) is 5.02 Å². The lowest BCUT2D eigenvalue weighted by Gasteiger charge is -2.21.